The van der Waals surface area contributed by atoms with Crippen molar-refractivity contribution in [1.29, 1.82) is 0 Å². The van der Waals surface area contributed by atoms with Crippen LogP contribution in [0.3, 0.4) is 0 Å². The molecule has 128 valence electrons. The average molecular weight is 340 g/mol. The lowest BCUT2D eigenvalue weighted by Crippen LogP contribution is -2.35. The van der Waals surface area contributed by atoms with Gasteiger partial charge in [0.15, 0.2) is 5.76 Å². The van der Waals surface area contributed by atoms with Crippen molar-refractivity contribution >= 4 is 15.9 Å². The Hall–Kier alpha value is -1.34. The first-order chi connectivity index (χ1) is 11.0. The van der Waals surface area contributed by atoms with E-state index in [1.807, 2.05) is 0 Å². The predicted molar refractivity (Wildman–Crippen MR) is 85.6 cm³/mol. The van der Waals surface area contributed by atoms with Gasteiger partial charge >= 0.3 is 0 Å². The number of hydrogen-bond acceptors (Lipinski definition) is 4. The third-order valence-electron chi connectivity index (χ3n) is 4.41. The van der Waals surface area contributed by atoms with Crippen molar-refractivity contribution in [1.82, 2.24) is 10.0 Å². The molecule has 0 radical (unpaired) electrons. The van der Waals surface area contributed by atoms with Crippen molar-refractivity contribution in [3.63, 3.8) is 0 Å². The molecule has 1 aromatic heterocycles. The van der Waals surface area contributed by atoms with Crippen LogP contribution in [-0.4, -0.2) is 26.4 Å². The molecular weight excluding hydrogens is 316 g/mol. The Morgan fingerprint density at radius 3 is 2.26 bits per heavy atom. The highest BCUT2D eigenvalue weighted by Crippen LogP contribution is 2.23. The van der Waals surface area contributed by atoms with E-state index in [2.05, 4.69) is 10.0 Å². The van der Waals surface area contributed by atoms with Gasteiger partial charge in [-0.2, -0.15) is 0 Å². The molecule has 1 amide bonds. The maximum Gasteiger partial charge on any atom is 0.287 e. The van der Waals surface area contributed by atoms with Crippen LogP contribution in [0.4, 0.5) is 0 Å². The maximum absolute atomic E-state index is 12.3. The number of hydrogen-bond donors (Lipinski definition) is 2. The molecule has 2 saturated carbocycles. The van der Waals surface area contributed by atoms with Gasteiger partial charge < -0.3 is 9.73 Å². The van der Waals surface area contributed by atoms with E-state index in [9.17, 15) is 13.2 Å². The van der Waals surface area contributed by atoms with E-state index < -0.39 is 10.0 Å². The van der Waals surface area contributed by atoms with Gasteiger partial charge in [-0.15, -0.1) is 0 Å². The van der Waals surface area contributed by atoms with Gasteiger partial charge in [-0.25, -0.2) is 13.1 Å². The summed E-state index contributed by atoms with van der Waals surface area (Å²) >= 11 is 0. The fourth-order valence-corrected chi connectivity index (χ4v) is 4.16. The zero-order valence-electron chi connectivity index (χ0n) is 13.2. The minimum Gasteiger partial charge on any atom is -0.438 e. The molecule has 0 atom stereocenters. The van der Waals surface area contributed by atoms with Gasteiger partial charge in [-0.1, -0.05) is 32.1 Å². The highest BCUT2D eigenvalue weighted by atomic mass is 32.2. The summed E-state index contributed by atoms with van der Waals surface area (Å²) in [6.45, 7) is 0. The molecule has 2 N–H and O–H groups in total. The van der Waals surface area contributed by atoms with Crippen LogP contribution in [0, 0.1) is 0 Å². The molecular formula is C16H24N2O4S. The molecule has 6 nitrogen and oxygen atoms in total. The van der Waals surface area contributed by atoms with Gasteiger partial charge in [0.25, 0.3) is 15.9 Å². The maximum atomic E-state index is 12.3. The molecule has 0 spiro atoms. The van der Waals surface area contributed by atoms with Crippen LogP contribution in [-0.2, 0) is 10.0 Å². The van der Waals surface area contributed by atoms with Crippen LogP contribution in [0.15, 0.2) is 21.6 Å². The number of sulfonamides is 1. The summed E-state index contributed by atoms with van der Waals surface area (Å²) in [7, 11) is -3.65. The summed E-state index contributed by atoms with van der Waals surface area (Å²) in [5, 5.41) is 2.79. The lowest BCUT2D eigenvalue weighted by molar-refractivity contribution is 0.0897. The van der Waals surface area contributed by atoms with E-state index in [0.717, 1.165) is 38.5 Å². The minimum atomic E-state index is -3.65. The Kier molecular flexibility index (Phi) is 5.06. The highest BCUT2D eigenvalue weighted by Gasteiger charge is 2.30. The SMILES string of the molecule is O=C(NC1CCCCCCC1)c1ccc(S(=O)(=O)NC2CC2)o1. The molecule has 0 bridgehead atoms. The van der Waals surface area contributed by atoms with E-state index in [1.165, 1.54) is 31.4 Å². The molecule has 0 unspecified atom stereocenters. The lowest BCUT2D eigenvalue weighted by Gasteiger charge is -2.20. The molecule has 7 heteroatoms. The first-order valence-corrected chi connectivity index (χ1v) is 9.96. The molecule has 0 aromatic carbocycles. The van der Waals surface area contributed by atoms with Gasteiger partial charge in [-0.3, -0.25) is 4.79 Å². The highest BCUT2D eigenvalue weighted by molar-refractivity contribution is 7.89. The van der Waals surface area contributed by atoms with Crippen molar-refractivity contribution in [2.24, 2.45) is 0 Å². The molecule has 0 saturated heterocycles. The second kappa shape index (κ2) is 7.05. The standard InChI is InChI=1S/C16H24N2O4S/c19-16(17-12-6-4-2-1-3-5-7-12)14-10-11-15(22-14)23(20,21)18-13-8-9-13/h10-13,18H,1-9H2,(H,17,19). The summed E-state index contributed by atoms with van der Waals surface area (Å²) < 4.78 is 31.9. The second-order valence-corrected chi connectivity index (χ2v) is 8.17. The summed E-state index contributed by atoms with van der Waals surface area (Å²) in [6, 6.07) is 2.94. The molecule has 0 aliphatic heterocycles. The van der Waals surface area contributed by atoms with E-state index >= 15 is 0 Å². The van der Waals surface area contributed by atoms with Gasteiger partial charge in [0.2, 0.25) is 5.09 Å². The first-order valence-electron chi connectivity index (χ1n) is 8.47. The fraction of sp³-hybridized carbons (Fsp3) is 0.688. The van der Waals surface area contributed by atoms with Gasteiger partial charge in [-0.05, 0) is 37.8 Å². The Balaban J connectivity index is 1.61. The molecule has 2 aliphatic rings. The number of amides is 1. The van der Waals surface area contributed by atoms with Crippen LogP contribution in [0.2, 0.25) is 0 Å². The Bertz CT molecular complexity index is 641. The topological polar surface area (TPSA) is 88.4 Å². The first kappa shape index (κ1) is 16.5. The van der Waals surface area contributed by atoms with Gasteiger partial charge in [0.1, 0.15) is 0 Å². The fourth-order valence-electron chi connectivity index (χ4n) is 2.92. The zero-order chi connectivity index (χ0) is 16.3. The van der Waals surface area contributed by atoms with Crippen LogP contribution in [0.5, 0.6) is 0 Å². The Labute approximate surface area is 137 Å². The largest absolute Gasteiger partial charge is 0.438 e. The van der Waals surface area contributed by atoms with Crippen LogP contribution >= 0.6 is 0 Å². The Morgan fingerprint density at radius 1 is 0.957 bits per heavy atom. The smallest absolute Gasteiger partial charge is 0.287 e. The van der Waals surface area contributed by atoms with Gasteiger partial charge in [0, 0.05) is 12.1 Å². The van der Waals surface area contributed by atoms with E-state index in [4.69, 9.17) is 4.42 Å². The predicted octanol–water partition coefficient (Wildman–Crippen LogP) is 2.56. The lowest BCUT2D eigenvalue weighted by atomic mass is 9.97. The number of carbonyl (C=O) groups excluding carboxylic acids is 1. The van der Waals surface area contributed by atoms with E-state index in [-0.39, 0.29) is 28.8 Å². The van der Waals surface area contributed by atoms with Crippen LogP contribution < -0.4 is 10.0 Å². The minimum absolute atomic E-state index is 0.0114. The number of rotatable bonds is 5. The average Bonchev–Trinajstić information content (AvgIpc) is 3.12. The van der Waals surface area contributed by atoms with E-state index in [1.54, 1.807) is 0 Å². The third-order valence-corrected chi connectivity index (χ3v) is 5.80. The number of furan rings is 1. The molecule has 23 heavy (non-hydrogen) atoms. The van der Waals surface area contributed by atoms with Crippen LogP contribution in [0.1, 0.15) is 68.3 Å². The molecule has 3 rings (SSSR count). The van der Waals surface area contributed by atoms with Crippen molar-refractivity contribution in [2.45, 2.75) is 75.0 Å². The monoisotopic (exact) mass is 340 g/mol. The van der Waals surface area contributed by atoms with E-state index in [0.29, 0.717) is 0 Å². The summed E-state index contributed by atoms with van der Waals surface area (Å²) in [4.78, 5) is 12.3. The Morgan fingerprint density at radius 2 is 1.61 bits per heavy atom. The van der Waals surface area contributed by atoms with Crippen molar-refractivity contribution < 1.29 is 17.6 Å². The third kappa shape index (κ3) is 4.57. The summed E-state index contributed by atoms with van der Waals surface area (Å²) in [6.07, 6.45) is 9.59. The van der Waals surface area contributed by atoms with Crippen molar-refractivity contribution in [3.05, 3.63) is 17.9 Å². The second-order valence-electron chi connectivity index (χ2n) is 6.53. The number of nitrogens with one attached hydrogen (secondary N) is 2. The molecule has 2 fully saturated rings. The van der Waals surface area contributed by atoms with Crippen molar-refractivity contribution in [2.75, 3.05) is 0 Å². The number of carbonyl (C=O) groups is 1. The molecule has 1 aromatic rings. The van der Waals surface area contributed by atoms with Gasteiger partial charge in [0.05, 0.1) is 0 Å². The zero-order valence-corrected chi connectivity index (χ0v) is 14.0. The quantitative estimate of drug-likeness (QED) is 0.862. The molecule has 2 aliphatic carbocycles. The summed E-state index contributed by atoms with van der Waals surface area (Å²) in [5.41, 5.74) is 0. The normalized spacial score (nSPS) is 20.7. The molecule has 1 heterocycles. The summed E-state index contributed by atoms with van der Waals surface area (Å²) in [5.74, 6) is -0.272. The van der Waals surface area contributed by atoms with Crippen LogP contribution in [0.25, 0.3) is 0 Å². The van der Waals surface area contributed by atoms with Crippen molar-refractivity contribution in [3.8, 4) is 0 Å².